The molecule has 0 bridgehead atoms. The molecule has 1 amide bonds. The van der Waals surface area contributed by atoms with Gasteiger partial charge in [-0.05, 0) is 73.2 Å². The Bertz CT molecular complexity index is 1610. The molecule has 0 saturated heterocycles. The van der Waals surface area contributed by atoms with Crippen molar-refractivity contribution in [1.29, 1.82) is 0 Å². The number of aromatic nitrogens is 1. The number of hydrogen-bond acceptors (Lipinski definition) is 5. The van der Waals surface area contributed by atoms with Crippen LogP contribution in [0.1, 0.15) is 11.3 Å². The molecule has 3 aromatic carbocycles. The Morgan fingerprint density at radius 3 is 2.64 bits per heavy atom. The van der Waals surface area contributed by atoms with Crippen molar-refractivity contribution in [3.63, 3.8) is 0 Å². The highest BCUT2D eigenvalue weighted by Gasteiger charge is 2.12. The summed E-state index contributed by atoms with van der Waals surface area (Å²) in [5.41, 5.74) is 4.71. The lowest BCUT2D eigenvalue weighted by Crippen LogP contribution is -2.33. The summed E-state index contributed by atoms with van der Waals surface area (Å²) in [6.45, 7) is 1.93. The van der Waals surface area contributed by atoms with Crippen LogP contribution in [0.3, 0.4) is 0 Å². The first-order valence-electron chi connectivity index (χ1n) is 11.1. The topological polar surface area (TPSA) is 80.3 Å². The Kier molecular flexibility index (Phi) is 6.66. The molecule has 5 rings (SSSR count). The van der Waals surface area contributed by atoms with Gasteiger partial charge in [0.15, 0.2) is 10.7 Å². The van der Waals surface area contributed by atoms with E-state index in [1.807, 2.05) is 61.5 Å². The molecule has 2 N–H and O–H groups in total. The molecule has 0 aliphatic heterocycles. The molecule has 0 fully saturated rings. The van der Waals surface area contributed by atoms with Crippen LogP contribution in [0.15, 0.2) is 93.8 Å². The third-order valence-electron chi connectivity index (χ3n) is 5.40. The molecule has 0 unspecified atom stereocenters. The van der Waals surface area contributed by atoms with E-state index in [1.54, 1.807) is 30.3 Å². The first-order valence-corrected chi connectivity index (χ1v) is 11.9. The van der Waals surface area contributed by atoms with Crippen LogP contribution in [0.4, 0.5) is 5.69 Å². The van der Waals surface area contributed by atoms with Crippen molar-refractivity contribution in [3.05, 3.63) is 101 Å². The summed E-state index contributed by atoms with van der Waals surface area (Å²) in [4.78, 5) is 16.9. The minimum atomic E-state index is -0.380. The predicted octanol–water partition coefficient (Wildman–Crippen LogP) is 7.24. The number of nitrogens with zero attached hydrogens (tertiary/aromatic N) is 1. The van der Waals surface area contributed by atoms with E-state index in [4.69, 9.17) is 32.7 Å². The van der Waals surface area contributed by atoms with E-state index >= 15 is 0 Å². The quantitative estimate of drug-likeness (QED) is 0.190. The van der Waals surface area contributed by atoms with Crippen LogP contribution in [0.2, 0.25) is 5.02 Å². The van der Waals surface area contributed by atoms with Crippen molar-refractivity contribution in [2.45, 2.75) is 6.92 Å². The Hall–Kier alpha value is -4.20. The summed E-state index contributed by atoms with van der Waals surface area (Å²) in [5, 5.41) is 6.48. The summed E-state index contributed by atoms with van der Waals surface area (Å²) in [6, 6.07) is 24.4. The molecular formula is C28H20ClN3O3S. The molecule has 36 heavy (non-hydrogen) atoms. The van der Waals surface area contributed by atoms with Gasteiger partial charge in [-0.15, -0.1) is 0 Å². The summed E-state index contributed by atoms with van der Waals surface area (Å²) < 4.78 is 11.6. The second kappa shape index (κ2) is 10.2. The Labute approximate surface area is 217 Å². The molecule has 178 valence electrons. The Morgan fingerprint density at radius 2 is 1.81 bits per heavy atom. The smallest absolute Gasteiger partial charge is 0.250 e. The van der Waals surface area contributed by atoms with Crippen LogP contribution in [0.25, 0.3) is 40.0 Å². The summed E-state index contributed by atoms with van der Waals surface area (Å²) >= 11 is 11.4. The molecule has 2 heterocycles. The predicted molar refractivity (Wildman–Crippen MR) is 147 cm³/mol. The highest BCUT2D eigenvalue weighted by Crippen LogP contribution is 2.29. The molecule has 0 saturated carbocycles. The minimum Gasteiger partial charge on any atom is -0.457 e. The second-order valence-corrected chi connectivity index (χ2v) is 8.85. The number of oxazole rings is 1. The Balaban J connectivity index is 1.24. The number of fused-ring (bicyclic) bond motifs is 1. The van der Waals surface area contributed by atoms with E-state index in [2.05, 4.69) is 15.6 Å². The van der Waals surface area contributed by atoms with Crippen LogP contribution >= 0.6 is 23.8 Å². The molecule has 2 aromatic heterocycles. The monoisotopic (exact) mass is 513 g/mol. The van der Waals surface area contributed by atoms with E-state index in [9.17, 15) is 4.79 Å². The minimum absolute atomic E-state index is 0.165. The molecule has 6 nitrogen and oxygen atoms in total. The third kappa shape index (κ3) is 5.38. The number of benzene rings is 3. The van der Waals surface area contributed by atoms with Gasteiger partial charge in [-0.3, -0.25) is 10.1 Å². The highest BCUT2D eigenvalue weighted by atomic mass is 35.5. The number of carbonyl (C=O) groups is 1. The van der Waals surface area contributed by atoms with Gasteiger partial charge in [-0.2, -0.15) is 0 Å². The summed E-state index contributed by atoms with van der Waals surface area (Å²) in [6.07, 6.45) is 2.96. The number of carbonyl (C=O) groups excluding carboxylic acids is 1. The average Bonchev–Trinajstić information content (AvgIpc) is 3.51. The fraction of sp³-hybridized carbons (Fsp3) is 0.0357. The van der Waals surface area contributed by atoms with E-state index in [0.29, 0.717) is 27.8 Å². The average molecular weight is 514 g/mol. The lowest BCUT2D eigenvalue weighted by Gasteiger charge is -2.11. The molecule has 0 spiro atoms. The maximum Gasteiger partial charge on any atom is 0.250 e. The molecular weight excluding hydrogens is 494 g/mol. The Morgan fingerprint density at radius 1 is 0.972 bits per heavy atom. The van der Waals surface area contributed by atoms with Crippen LogP contribution in [0, 0.1) is 6.92 Å². The van der Waals surface area contributed by atoms with Crippen LogP contribution in [-0.2, 0) is 4.79 Å². The highest BCUT2D eigenvalue weighted by molar-refractivity contribution is 7.80. The first kappa shape index (κ1) is 23.5. The van der Waals surface area contributed by atoms with Crippen molar-refractivity contribution in [2.75, 3.05) is 5.32 Å². The number of hydrogen-bond donors (Lipinski definition) is 2. The number of halogens is 1. The fourth-order valence-electron chi connectivity index (χ4n) is 3.58. The van der Waals surface area contributed by atoms with Crippen molar-refractivity contribution >= 4 is 57.7 Å². The fourth-order valence-corrected chi connectivity index (χ4v) is 3.96. The number of thiocarbonyl (C=S) groups is 1. The van der Waals surface area contributed by atoms with E-state index in [1.165, 1.54) is 6.08 Å². The number of nitrogens with one attached hydrogen (secondary N) is 2. The van der Waals surface area contributed by atoms with Gasteiger partial charge in [0.1, 0.15) is 17.0 Å². The van der Waals surface area contributed by atoms with Gasteiger partial charge >= 0.3 is 0 Å². The van der Waals surface area contributed by atoms with Crippen molar-refractivity contribution in [3.8, 4) is 22.8 Å². The molecule has 0 radical (unpaired) electrons. The number of rotatable bonds is 5. The molecule has 0 aliphatic carbocycles. The van der Waals surface area contributed by atoms with Crippen molar-refractivity contribution < 1.29 is 13.6 Å². The number of amides is 1. The normalized spacial score (nSPS) is 11.2. The number of furan rings is 1. The van der Waals surface area contributed by atoms with Gasteiger partial charge in [-0.1, -0.05) is 48.0 Å². The van der Waals surface area contributed by atoms with Gasteiger partial charge in [0.25, 0.3) is 0 Å². The van der Waals surface area contributed by atoms with E-state index in [-0.39, 0.29) is 11.0 Å². The van der Waals surface area contributed by atoms with E-state index in [0.717, 1.165) is 28.1 Å². The summed E-state index contributed by atoms with van der Waals surface area (Å²) in [7, 11) is 0. The van der Waals surface area contributed by atoms with Crippen LogP contribution < -0.4 is 10.6 Å². The van der Waals surface area contributed by atoms with Crippen LogP contribution in [-0.4, -0.2) is 16.0 Å². The van der Waals surface area contributed by atoms with E-state index < -0.39 is 0 Å². The maximum absolute atomic E-state index is 12.4. The summed E-state index contributed by atoms with van der Waals surface area (Å²) in [5.74, 6) is 1.37. The van der Waals surface area contributed by atoms with Crippen molar-refractivity contribution in [1.82, 2.24) is 10.3 Å². The molecule has 0 aliphatic rings. The van der Waals surface area contributed by atoms with Gasteiger partial charge in [0.05, 0.1) is 0 Å². The zero-order chi connectivity index (χ0) is 25.1. The molecule has 5 aromatic rings. The largest absolute Gasteiger partial charge is 0.457 e. The maximum atomic E-state index is 12.4. The van der Waals surface area contributed by atoms with Gasteiger partial charge in [0.2, 0.25) is 11.8 Å². The zero-order valence-electron chi connectivity index (χ0n) is 19.1. The third-order valence-corrected chi connectivity index (χ3v) is 5.84. The van der Waals surface area contributed by atoms with Crippen LogP contribution in [0.5, 0.6) is 0 Å². The van der Waals surface area contributed by atoms with Gasteiger partial charge in [0, 0.05) is 27.9 Å². The zero-order valence-corrected chi connectivity index (χ0v) is 20.7. The molecule has 8 heteroatoms. The van der Waals surface area contributed by atoms with Gasteiger partial charge in [-0.25, -0.2) is 4.98 Å². The lowest BCUT2D eigenvalue weighted by atomic mass is 10.1. The van der Waals surface area contributed by atoms with Crippen molar-refractivity contribution in [2.24, 2.45) is 0 Å². The van der Waals surface area contributed by atoms with Gasteiger partial charge < -0.3 is 14.2 Å². The standard InChI is InChI=1S/C28H20ClN3O3S/c1-17-7-8-19(27-30-23-16-20(29)9-12-25(23)35-27)15-22(17)31-28(36)32-26(33)14-11-21-10-13-24(34-21)18-5-3-2-4-6-18/h2-16H,1H3,(H2,31,32,33,36)/b14-11+. The number of anilines is 1. The lowest BCUT2D eigenvalue weighted by molar-refractivity contribution is -0.115. The SMILES string of the molecule is Cc1ccc(-c2nc3cc(Cl)ccc3o2)cc1NC(=S)NC(=O)/C=C/c1ccc(-c2ccccc2)o1. The molecule has 0 atom stereocenters. The first-order chi connectivity index (χ1) is 17.4. The number of aryl methyl sites for hydroxylation is 1. The second-order valence-electron chi connectivity index (χ2n) is 8.01.